The molecule has 108 valence electrons. The molecular formula is C14H27N5. The van der Waals surface area contributed by atoms with Gasteiger partial charge in [-0.1, -0.05) is 13.8 Å². The van der Waals surface area contributed by atoms with Gasteiger partial charge in [0, 0.05) is 31.7 Å². The van der Waals surface area contributed by atoms with Crippen molar-refractivity contribution in [1.29, 1.82) is 0 Å². The van der Waals surface area contributed by atoms with E-state index in [2.05, 4.69) is 48.0 Å². The molecule has 1 unspecified atom stereocenters. The second-order valence-corrected chi connectivity index (χ2v) is 6.23. The third kappa shape index (κ3) is 4.01. The molecule has 0 aliphatic carbocycles. The Balaban J connectivity index is 1.93. The van der Waals surface area contributed by atoms with Crippen molar-refractivity contribution < 1.29 is 0 Å². The summed E-state index contributed by atoms with van der Waals surface area (Å²) in [5.41, 5.74) is 0. The van der Waals surface area contributed by atoms with E-state index >= 15 is 0 Å². The van der Waals surface area contributed by atoms with Crippen LogP contribution >= 0.6 is 0 Å². The Bertz CT molecular complexity index is 385. The van der Waals surface area contributed by atoms with Gasteiger partial charge in [0.05, 0.1) is 6.54 Å². The monoisotopic (exact) mass is 265 g/mol. The largest absolute Gasteiger partial charge is 0.311 e. The smallest absolute Gasteiger partial charge is 0.141 e. The lowest BCUT2D eigenvalue weighted by molar-refractivity contribution is 0.173. The summed E-state index contributed by atoms with van der Waals surface area (Å²) in [6, 6.07) is 0.996. The highest BCUT2D eigenvalue weighted by Gasteiger charge is 2.21. The van der Waals surface area contributed by atoms with Crippen molar-refractivity contribution in [3.63, 3.8) is 0 Å². The van der Waals surface area contributed by atoms with Crippen LogP contribution < -0.4 is 5.32 Å². The molecule has 1 atom stereocenters. The molecule has 1 N–H and O–H groups in total. The first kappa shape index (κ1) is 14.5. The summed E-state index contributed by atoms with van der Waals surface area (Å²) in [6.45, 7) is 13.1. The third-order valence-corrected chi connectivity index (χ3v) is 3.60. The highest BCUT2D eigenvalue weighted by atomic mass is 15.4. The number of hydrogen-bond acceptors (Lipinski definition) is 4. The van der Waals surface area contributed by atoms with Gasteiger partial charge in [-0.15, -0.1) is 0 Å². The SMILES string of the molecule is CC(C)CC1CN(Cc2ncnn2C(C)C)CCN1. The van der Waals surface area contributed by atoms with Crippen molar-refractivity contribution in [2.24, 2.45) is 5.92 Å². The molecule has 2 heterocycles. The van der Waals surface area contributed by atoms with Gasteiger partial charge in [-0.2, -0.15) is 5.10 Å². The highest BCUT2D eigenvalue weighted by Crippen LogP contribution is 2.13. The van der Waals surface area contributed by atoms with E-state index in [1.165, 1.54) is 6.42 Å². The normalized spacial score (nSPS) is 21.5. The Hall–Kier alpha value is -0.940. The van der Waals surface area contributed by atoms with Crippen LogP contribution in [0, 0.1) is 5.92 Å². The lowest BCUT2D eigenvalue weighted by Crippen LogP contribution is -2.50. The van der Waals surface area contributed by atoms with Gasteiger partial charge in [-0.05, 0) is 26.2 Å². The lowest BCUT2D eigenvalue weighted by Gasteiger charge is -2.34. The zero-order valence-corrected chi connectivity index (χ0v) is 12.6. The van der Waals surface area contributed by atoms with E-state index in [0.717, 1.165) is 37.9 Å². The van der Waals surface area contributed by atoms with E-state index in [1.807, 2.05) is 4.68 Å². The Morgan fingerprint density at radius 2 is 2.16 bits per heavy atom. The van der Waals surface area contributed by atoms with Crippen molar-refractivity contribution in [2.75, 3.05) is 19.6 Å². The van der Waals surface area contributed by atoms with Gasteiger partial charge < -0.3 is 5.32 Å². The second kappa shape index (κ2) is 6.48. The van der Waals surface area contributed by atoms with Gasteiger partial charge in [0.25, 0.3) is 0 Å². The Labute approximate surface area is 116 Å². The van der Waals surface area contributed by atoms with Gasteiger partial charge in [-0.25, -0.2) is 9.67 Å². The molecule has 1 aliphatic rings. The molecular weight excluding hydrogens is 238 g/mol. The quantitative estimate of drug-likeness (QED) is 0.880. The topological polar surface area (TPSA) is 46.0 Å². The van der Waals surface area contributed by atoms with E-state index < -0.39 is 0 Å². The van der Waals surface area contributed by atoms with E-state index in [4.69, 9.17) is 0 Å². The molecule has 0 saturated carbocycles. The summed E-state index contributed by atoms with van der Waals surface area (Å²) >= 11 is 0. The minimum atomic E-state index is 0.381. The maximum atomic E-state index is 4.41. The molecule has 0 bridgehead atoms. The first-order valence-electron chi connectivity index (χ1n) is 7.40. The van der Waals surface area contributed by atoms with Crippen LogP contribution in [0.3, 0.4) is 0 Å². The zero-order valence-electron chi connectivity index (χ0n) is 12.6. The average Bonchev–Trinajstić information content (AvgIpc) is 2.76. The molecule has 0 radical (unpaired) electrons. The average molecular weight is 265 g/mol. The van der Waals surface area contributed by atoms with Crippen molar-refractivity contribution >= 4 is 0 Å². The van der Waals surface area contributed by atoms with Crippen LogP contribution in [-0.2, 0) is 6.54 Å². The van der Waals surface area contributed by atoms with Gasteiger partial charge >= 0.3 is 0 Å². The van der Waals surface area contributed by atoms with E-state index in [0.29, 0.717) is 12.1 Å². The molecule has 1 saturated heterocycles. The predicted octanol–water partition coefficient (Wildman–Crippen LogP) is 1.68. The fraction of sp³-hybridized carbons (Fsp3) is 0.857. The minimum absolute atomic E-state index is 0.381. The molecule has 0 aromatic carbocycles. The first-order chi connectivity index (χ1) is 9.06. The molecule has 2 rings (SSSR count). The Morgan fingerprint density at radius 3 is 2.84 bits per heavy atom. The van der Waals surface area contributed by atoms with Gasteiger partial charge in [0.2, 0.25) is 0 Å². The number of piperazine rings is 1. The Morgan fingerprint density at radius 1 is 1.37 bits per heavy atom. The number of rotatable bonds is 5. The van der Waals surface area contributed by atoms with Gasteiger partial charge in [-0.3, -0.25) is 4.90 Å². The van der Waals surface area contributed by atoms with Crippen molar-refractivity contribution in [3.05, 3.63) is 12.2 Å². The minimum Gasteiger partial charge on any atom is -0.311 e. The summed E-state index contributed by atoms with van der Waals surface area (Å²) < 4.78 is 2.03. The number of nitrogens with zero attached hydrogens (tertiary/aromatic N) is 4. The van der Waals surface area contributed by atoms with Crippen LogP contribution in [-0.4, -0.2) is 45.3 Å². The van der Waals surface area contributed by atoms with Crippen molar-refractivity contribution in [3.8, 4) is 0 Å². The molecule has 19 heavy (non-hydrogen) atoms. The van der Waals surface area contributed by atoms with Gasteiger partial charge in [0.15, 0.2) is 0 Å². The summed E-state index contributed by atoms with van der Waals surface area (Å²) in [4.78, 5) is 6.90. The molecule has 5 heteroatoms. The highest BCUT2D eigenvalue weighted by molar-refractivity contribution is 4.89. The molecule has 1 aromatic rings. The van der Waals surface area contributed by atoms with Crippen molar-refractivity contribution in [1.82, 2.24) is 25.0 Å². The van der Waals surface area contributed by atoms with Crippen LogP contribution in [0.25, 0.3) is 0 Å². The van der Waals surface area contributed by atoms with Crippen LogP contribution in [0.2, 0.25) is 0 Å². The van der Waals surface area contributed by atoms with Crippen LogP contribution in [0.5, 0.6) is 0 Å². The predicted molar refractivity (Wildman–Crippen MR) is 76.9 cm³/mol. The first-order valence-corrected chi connectivity index (χ1v) is 7.40. The number of nitrogens with one attached hydrogen (secondary N) is 1. The standard InChI is InChI=1S/C14H27N5/c1-11(2)7-13-8-18(6-5-15-13)9-14-16-10-17-19(14)12(3)4/h10-13,15H,5-9H2,1-4H3. The summed E-state index contributed by atoms with van der Waals surface area (Å²) in [6.07, 6.45) is 2.91. The summed E-state index contributed by atoms with van der Waals surface area (Å²) in [5.74, 6) is 1.83. The fourth-order valence-electron chi connectivity index (χ4n) is 2.78. The molecule has 5 nitrogen and oxygen atoms in total. The molecule has 1 aromatic heterocycles. The molecule has 1 fully saturated rings. The summed E-state index contributed by atoms with van der Waals surface area (Å²) in [7, 11) is 0. The maximum absolute atomic E-state index is 4.41. The van der Waals surface area contributed by atoms with E-state index in [9.17, 15) is 0 Å². The van der Waals surface area contributed by atoms with Gasteiger partial charge in [0.1, 0.15) is 12.2 Å². The van der Waals surface area contributed by atoms with Crippen LogP contribution in [0.1, 0.15) is 46.0 Å². The fourth-order valence-corrected chi connectivity index (χ4v) is 2.78. The second-order valence-electron chi connectivity index (χ2n) is 6.23. The lowest BCUT2D eigenvalue weighted by atomic mass is 10.0. The summed E-state index contributed by atoms with van der Waals surface area (Å²) in [5, 5.41) is 7.92. The number of hydrogen-bond donors (Lipinski definition) is 1. The Kier molecular flexibility index (Phi) is 4.93. The van der Waals surface area contributed by atoms with Crippen LogP contribution in [0.4, 0.5) is 0 Å². The number of aromatic nitrogens is 3. The van der Waals surface area contributed by atoms with Crippen LogP contribution in [0.15, 0.2) is 6.33 Å². The van der Waals surface area contributed by atoms with Crippen molar-refractivity contribution in [2.45, 2.75) is 52.7 Å². The third-order valence-electron chi connectivity index (χ3n) is 3.60. The maximum Gasteiger partial charge on any atom is 0.141 e. The molecule has 0 amide bonds. The molecule has 0 spiro atoms. The zero-order chi connectivity index (χ0) is 13.8. The van der Waals surface area contributed by atoms with E-state index in [-0.39, 0.29) is 0 Å². The molecule has 1 aliphatic heterocycles. The van der Waals surface area contributed by atoms with E-state index in [1.54, 1.807) is 6.33 Å².